The number of carbonyl (C=O) groups excluding carboxylic acids is 2. The molecule has 2 heterocycles. The zero-order chi connectivity index (χ0) is 28.9. The van der Waals surface area contributed by atoms with E-state index >= 15 is 0 Å². The zero-order valence-electron chi connectivity index (χ0n) is 23.9. The fourth-order valence-corrected chi connectivity index (χ4v) is 4.14. The predicted molar refractivity (Wildman–Crippen MR) is 153 cm³/mol. The smallest absolute Gasteiger partial charge is 0.407 e. The Hall–Kier alpha value is -4.33. The van der Waals surface area contributed by atoms with Crippen LogP contribution < -0.4 is 10.1 Å². The summed E-state index contributed by atoms with van der Waals surface area (Å²) >= 11 is 0. The first-order valence-electron chi connectivity index (χ1n) is 13.2. The Balaban J connectivity index is 1.52. The van der Waals surface area contributed by atoms with Crippen LogP contribution in [0.4, 0.5) is 4.79 Å². The summed E-state index contributed by atoms with van der Waals surface area (Å²) in [5.41, 5.74) is 3.83. The largest absolute Gasteiger partial charge is 0.487 e. The van der Waals surface area contributed by atoms with Gasteiger partial charge in [0.05, 0.1) is 18.4 Å². The van der Waals surface area contributed by atoms with Gasteiger partial charge in [0.1, 0.15) is 29.1 Å². The molecule has 0 radical (unpaired) electrons. The molecule has 2 aromatic heterocycles. The number of benzene rings is 2. The first kappa shape index (κ1) is 28.7. The third-order valence-electron chi connectivity index (χ3n) is 5.66. The molecule has 0 bridgehead atoms. The van der Waals surface area contributed by atoms with Gasteiger partial charge in [0, 0.05) is 23.7 Å². The number of amides is 1. The molecule has 0 aliphatic rings. The molecule has 0 aliphatic heterocycles. The van der Waals surface area contributed by atoms with Crippen LogP contribution in [0.2, 0.25) is 0 Å². The van der Waals surface area contributed by atoms with Crippen molar-refractivity contribution >= 4 is 23.0 Å². The summed E-state index contributed by atoms with van der Waals surface area (Å²) in [5.74, 6) is 0.164. The minimum atomic E-state index is -0.577. The highest BCUT2D eigenvalue weighted by Gasteiger charge is 2.19. The summed E-state index contributed by atoms with van der Waals surface area (Å²) in [5, 5.41) is 3.74. The molecule has 4 rings (SSSR count). The lowest BCUT2D eigenvalue weighted by Gasteiger charge is -2.19. The monoisotopic (exact) mass is 544 g/mol. The average Bonchev–Trinajstić information content (AvgIpc) is 3.33. The van der Waals surface area contributed by atoms with Gasteiger partial charge < -0.3 is 23.9 Å². The molecule has 0 aliphatic carbocycles. The molecule has 2 aromatic carbocycles. The van der Waals surface area contributed by atoms with E-state index in [1.54, 1.807) is 24.6 Å². The van der Waals surface area contributed by atoms with E-state index in [4.69, 9.17) is 18.6 Å². The summed E-state index contributed by atoms with van der Waals surface area (Å²) in [6, 6.07) is 17.4. The van der Waals surface area contributed by atoms with Crippen LogP contribution in [-0.2, 0) is 33.8 Å². The lowest BCUT2D eigenvalue weighted by molar-refractivity contribution is -0.154. The molecule has 40 heavy (non-hydrogen) atoms. The normalized spacial score (nSPS) is 11.8. The van der Waals surface area contributed by atoms with Gasteiger partial charge in [0.15, 0.2) is 0 Å². The summed E-state index contributed by atoms with van der Waals surface area (Å²) in [6.07, 6.45) is 2.84. The lowest BCUT2D eigenvalue weighted by Crippen LogP contribution is -2.32. The molecular weight excluding hydrogens is 508 g/mol. The van der Waals surface area contributed by atoms with E-state index in [1.165, 1.54) is 0 Å². The second-order valence-corrected chi connectivity index (χ2v) is 11.5. The molecule has 0 saturated heterocycles. The Bertz CT molecular complexity index is 1490. The Kier molecular flexibility index (Phi) is 8.47. The second-order valence-electron chi connectivity index (χ2n) is 11.5. The number of alkyl carbamates (subject to hydrolysis) is 1. The van der Waals surface area contributed by atoms with E-state index < -0.39 is 17.3 Å². The minimum Gasteiger partial charge on any atom is -0.487 e. The first-order chi connectivity index (χ1) is 18.9. The minimum absolute atomic E-state index is 0.0174. The Morgan fingerprint density at radius 1 is 0.900 bits per heavy atom. The van der Waals surface area contributed by atoms with Crippen LogP contribution in [-0.4, -0.2) is 28.2 Å². The molecule has 4 aromatic rings. The van der Waals surface area contributed by atoms with Gasteiger partial charge in [-0.15, -0.1) is 0 Å². The summed E-state index contributed by atoms with van der Waals surface area (Å²) in [6.45, 7) is 11.6. The third-order valence-corrected chi connectivity index (χ3v) is 5.66. The van der Waals surface area contributed by atoms with Crippen molar-refractivity contribution < 1.29 is 28.2 Å². The van der Waals surface area contributed by atoms with Gasteiger partial charge in [-0.3, -0.25) is 9.78 Å². The summed E-state index contributed by atoms with van der Waals surface area (Å²) in [7, 11) is 0. The first-order valence-corrected chi connectivity index (χ1v) is 13.2. The molecule has 1 N–H and O–H groups in total. The number of furan rings is 1. The summed E-state index contributed by atoms with van der Waals surface area (Å²) < 4.78 is 22.8. The van der Waals surface area contributed by atoms with Crippen molar-refractivity contribution in [3.63, 3.8) is 0 Å². The number of carbonyl (C=O) groups is 2. The van der Waals surface area contributed by atoms with E-state index in [1.807, 2.05) is 84.0 Å². The Morgan fingerprint density at radius 2 is 1.68 bits per heavy atom. The molecule has 0 atom stereocenters. The molecule has 0 spiro atoms. The molecule has 210 valence electrons. The highest BCUT2D eigenvalue weighted by atomic mass is 16.6. The number of aromatic nitrogens is 1. The number of ether oxygens (including phenoxy) is 3. The summed E-state index contributed by atoms with van der Waals surface area (Å²) in [4.78, 5) is 28.8. The van der Waals surface area contributed by atoms with Gasteiger partial charge in [-0.25, -0.2) is 4.79 Å². The number of nitrogens with one attached hydrogen (secondary N) is 1. The predicted octanol–water partition coefficient (Wildman–Crippen LogP) is 6.98. The average molecular weight is 545 g/mol. The number of esters is 1. The molecule has 0 unspecified atom stereocenters. The fourth-order valence-electron chi connectivity index (χ4n) is 4.14. The molecule has 8 nitrogen and oxygen atoms in total. The van der Waals surface area contributed by atoms with E-state index in [-0.39, 0.29) is 19.0 Å². The lowest BCUT2D eigenvalue weighted by atomic mass is 9.99. The van der Waals surface area contributed by atoms with Crippen LogP contribution in [0, 0.1) is 0 Å². The van der Waals surface area contributed by atoms with Gasteiger partial charge in [-0.2, -0.15) is 0 Å². The maximum absolute atomic E-state index is 12.4. The van der Waals surface area contributed by atoms with Crippen molar-refractivity contribution in [2.45, 2.75) is 72.3 Å². The van der Waals surface area contributed by atoms with Crippen molar-refractivity contribution in [1.82, 2.24) is 10.3 Å². The van der Waals surface area contributed by atoms with Gasteiger partial charge in [-0.05, 0) is 94.6 Å². The number of hydrogen-bond acceptors (Lipinski definition) is 7. The van der Waals surface area contributed by atoms with Crippen molar-refractivity contribution in [3.8, 4) is 16.9 Å². The van der Waals surface area contributed by atoms with Crippen LogP contribution >= 0.6 is 0 Å². The Morgan fingerprint density at radius 3 is 2.42 bits per heavy atom. The van der Waals surface area contributed by atoms with Crippen LogP contribution in [0.1, 0.15) is 58.4 Å². The standard InChI is InChI=1S/C32H36N2O6/c1-31(2,3)39-28(35)18-26-27(11-8-13-33-26)38-20-22-16-24-12-14-37-29(24)25(17-22)23-10-7-9-21(15-23)19-34-30(36)40-32(4,5)6/h7-17H,18-20H2,1-6H3,(H,34,36). The van der Waals surface area contributed by atoms with Gasteiger partial charge in [0.2, 0.25) is 0 Å². The van der Waals surface area contributed by atoms with Crippen LogP contribution in [0.5, 0.6) is 5.75 Å². The van der Waals surface area contributed by atoms with E-state index in [9.17, 15) is 9.59 Å². The maximum atomic E-state index is 12.4. The SMILES string of the molecule is CC(C)(C)OC(=O)Cc1ncccc1OCc1cc(-c2cccc(CNC(=O)OC(C)(C)C)c2)c2occc2c1. The van der Waals surface area contributed by atoms with Gasteiger partial charge >= 0.3 is 12.1 Å². The van der Waals surface area contributed by atoms with Crippen molar-refractivity contribution in [2.24, 2.45) is 0 Å². The zero-order valence-corrected chi connectivity index (χ0v) is 23.9. The number of pyridine rings is 1. The number of hydrogen-bond donors (Lipinski definition) is 1. The molecule has 8 heteroatoms. The number of nitrogens with zero attached hydrogens (tertiary/aromatic N) is 1. The van der Waals surface area contributed by atoms with Crippen molar-refractivity contribution in [3.05, 3.63) is 83.9 Å². The Labute approximate surface area is 234 Å². The van der Waals surface area contributed by atoms with Crippen molar-refractivity contribution in [1.29, 1.82) is 0 Å². The third kappa shape index (κ3) is 8.09. The van der Waals surface area contributed by atoms with E-state index in [2.05, 4.69) is 10.3 Å². The van der Waals surface area contributed by atoms with Crippen LogP contribution in [0.3, 0.4) is 0 Å². The van der Waals surface area contributed by atoms with E-state index in [0.29, 0.717) is 18.0 Å². The number of rotatable bonds is 8. The van der Waals surface area contributed by atoms with Gasteiger partial charge in [-0.1, -0.05) is 18.2 Å². The number of fused-ring (bicyclic) bond motifs is 1. The molecular formula is C32H36N2O6. The van der Waals surface area contributed by atoms with E-state index in [0.717, 1.165) is 33.2 Å². The fraction of sp³-hybridized carbons (Fsp3) is 0.344. The molecule has 0 fully saturated rings. The quantitative estimate of drug-likeness (QED) is 0.239. The van der Waals surface area contributed by atoms with Crippen molar-refractivity contribution in [2.75, 3.05) is 0 Å². The molecule has 1 amide bonds. The molecule has 0 saturated carbocycles. The highest BCUT2D eigenvalue weighted by Crippen LogP contribution is 2.32. The second kappa shape index (κ2) is 11.8. The topological polar surface area (TPSA) is 99.9 Å². The highest BCUT2D eigenvalue weighted by molar-refractivity contribution is 5.93. The van der Waals surface area contributed by atoms with Gasteiger partial charge in [0.25, 0.3) is 0 Å². The maximum Gasteiger partial charge on any atom is 0.407 e. The van der Waals surface area contributed by atoms with Crippen LogP contribution in [0.15, 0.2) is 71.5 Å². The van der Waals surface area contributed by atoms with Crippen LogP contribution in [0.25, 0.3) is 22.1 Å².